The number of likely N-dealkylation sites (N-methyl/N-ethyl adjacent to an activating group) is 1. The van der Waals surface area contributed by atoms with Gasteiger partial charge in [0.1, 0.15) is 12.4 Å². The number of nitriles is 1. The zero-order valence-corrected chi connectivity index (χ0v) is 10.8. The molecule has 1 aromatic carbocycles. The highest BCUT2D eigenvalue weighted by molar-refractivity contribution is 5.27. The van der Waals surface area contributed by atoms with Gasteiger partial charge in [-0.1, -0.05) is 19.1 Å². The van der Waals surface area contributed by atoms with Crippen LogP contribution < -0.4 is 4.74 Å². The van der Waals surface area contributed by atoms with Crippen molar-refractivity contribution in [1.82, 2.24) is 4.90 Å². The zero-order chi connectivity index (χ0) is 12.7. The fourth-order valence-corrected chi connectivity index (χ4v) is 1.51. The van der Waals surface area contributed by atoms with Gasteiger partial charge < -0.3 is 9.64 Å². The predicted octanol–water partition coefficient (Wildman–Crippen LogP) is 2.47. The van der Waals surface area contributed by atoms with E-state index in [1.165, 1.54) is 5.56 Å². The number of rotatable bonds is 6. The van der Waals surface area contributed by atoms with Crippen molar-refractivity contribution in [3.05, 3.63) is 29.8 Å². The highest BCUT2D eigenvalue weighted by Gasteiger charge is 2.11. The maximum atomic E-state index is 8.72. The molecule has 0 fully saturated rings. The second-order valence-electron chi connectivity index (χ2n) is 4.29. The van der Waals surface area contributed by atoms with Crippen molar-refractivity contribution in [2.45, 2.75) is 25.8 Å². The van der Waals surface area contributed by atoms with Crippen LogP contribution in [0.4, 0.5) is 0 Å². The molecule has 1 rings (SSSR count). The summed E-state index contributed by atoms with van der Waals surface area (Å²) in [7, 11) is 3.93. The van der Waals surface area contributed by atoms with Crippen LogP contribution in [0.5, 0.6) is 5.75 Å². The summed E-state index contributed by atoms with van der Waals surface area (Å²) in [6, 6.07) is 10.4. The minimum atomic E-state index is 0.144. The number of hydrogen-bond acceptors (Lipinski definition) is 3. The third kappa shape index (κ3) is 4.46. The molecule has 0 radical (unpaired) electrons. The third-order valence-corrected chi connectivity index (χ3v) is 2.83. The molecule has 0 amide bonds. The van der Waals surface area contributed by atoms with E-state index in [0.717, 1.165) is 12.2 Å². The molecule has 0 saturated heterocycles. The first kappa shape index (κ1) is 13.5. The largest absolute Gasteiger partial charge is 0.492 e. The topological polar surface area (TPSA) is 36.3 Å². The maximum absolute atomic E-state index is 8.72. The van der Waals surface area contributed by atoms with E-state index in [2.05, 4.69) is 25.1 Å². The Labute approximate surface area is 104 Å². The van der Waals surface area contributed by atoms with E-state index in [-0.39, 0.29) is 6.04 Å². The van der Waals surface area contributed by atoms with Crippen LogP contribution >= 0.6 is 0 Å². The normalized spacial score (nSPS) is 12.2. The summed E-state index contributed by atoms with van der Waals surface area (Å²) in [5.74, 6) is 0.868. The van der Waals surface area contributed by atoms with Gasteiger partial charge in [0, 0.05) is 0 Å². The summed E-state index contributed by atoms with van der Waals surface area (Å²) in [5, 5.41) is 8.72. The average Bonchev–Trinajstić information content (AvgIpc) is 2.34. The van der Waals surface area contributed by atoms with Crippen molar-refractivity contribution < 1.29 is 4.74 Å². The van der Waals surface area contributed by atoms with E-state index in [0.29, 0.717) is 13.0 Å². The Balaban J connectivity index is 2.50. The Kier molecular flexibility index (Phi) is 5.51. The lowest BCUT2D eigenvalue weighted by Gasteiger charge is -2.21. The van der Waals surface area contributed by atoms with Crippen LogP contribution in [0, 0.1) is 11.3 Å². The van der Waals surface area contributed by atoms with Gasteiger partial charge in [-0.15, -0.1) is 0 Å². The van der Waals surface area contributed by atoms with Crippen LogP contribution in [0.15, 0.2) is 24.3 Å². The molecule has 3 nitrogen and oxygen atoms in total. The molecule has 0 heterocycles. The molecule has 92 valence electrons. The number of aryl methyl sites for hydroxylation is 1. The molecule has 0 aliphatic carbocycles. The summed E-state index contributed by atoms with van der Waals surface area (Å²) in [6.45, 7) is 2.68. The van der Waals surface area contributed by atoms with Gasteiger partial charge in [-0.05, 0) is 38.2 Å². The molecular formula is C14H20N2O. The SMILES string of the molecule is CCc1ccc(OCC(CC#N)N(C)C)cc1. The summed E-state index contributed by atoms with van der Waals surface area (Å²) >= 11 is 0. The van der Waals surface area contributed by atoms with Gasteiger partial charge in [0.25, 0.3) is 0 Å². The van der Waals surface area contributed by atoms with Crippen molar-refractivity contribution in [2.24, 2.45) is 0 Å². The van der Waals surface area contributed by atoms with Crippen molar-refractivity contribution in [3.63, 3.8) is 0 Å². The first-order chi connectivity index (χ1) is 8.17. The third-order valence-electron chi connectivity index (χ3n) is 2.83. The Morgan fingerprint density at radius 3 is 2.41 bits per heavy atom. The molecule has 1 unspecified atom stereocenters. The Morgan fingerprint density at radius 2 is 1.94 bits per heavy atom. The maximum Gasteiger partial charge on any atom is 0.119 e. The van der Waals surface area contributed by atoms with Gasteiger partial charge in [0.15, 0.2) is 0 Å². The zero-order valence-electron chi connectivity index (χ0n) is 10.8. The molecule has 0 saturated carbocycles. The standard InChI is InChI=1S/C14H20N2O/c1-4-12-5-7-14(8-6-12)17-11-13(9-10-15)16(2)3/h5-8,13H,4,9,11H2,1-3H3. The van der Waals surface area contributed by atoms with E-state index >= 15 is 0 Å². The van der Waals surface area contributed by atoms with E-state index in [1.807, 2.05) is 31.1 Å². The van der Waals surface area contributed by atoms with Crippen LogP contribution in [0.1, 0.15) is 18.9 Å². The first-order valence-electron chi connectivity index (χ1n) is 5.92. The Bertz CT molecular complexity index is 365. The van der Waals surface area contributed by atoms with Crippen LogP contribution in [-0.2, 0) is 6.42 Å². The minimum absolute atomic E-state index is 0.144. The quantitative estimate of drug-likeness (QED) is 0.756. The number of ether oxygens (including phenoxy) is 1. The molecule has 0 bridgehead atoms. The summed E-state index contributed by atoms with van der Waals surface area (Å²) < 4.78 is 5.69. The molecule has 0 N–H and O–H groups in total. The van der Waals surface area contributed by atoms with E-state index in [4.69, 9.17) is 10.00 Å². The highest BCUT2D eigenvalue weighted by atomic mass is 16.5. The van der Waals surface area contributed by atoms with E-state index in [1.54, 1.807) is 0 Å². The molecule has 0 aliphatic heterocycles. The molecule has 3 heteroatoms. The fraction of sp³-hybridized carbons (Fsp3) is 0.500. The lowest BCUT2D eigenvalue weighted by molar-refractivity contribution is 0.188. The van der Waals surface area contributed by atoms with Crippen molar-refractivity contribution >= 4 is 0 Å². The lowest BCUT2D eigenvalue weighted by Crippen LogP contribution is -2.33. The summed E-state index contributed by atoms with van der Waals surface area (Å²) in [4.78, 5) is 2.02. The summed E-state index contributed by atoms with van der Waals surface area (Å²) in [5.41, 5.74) is 1.30. The van der Waals surface area contributed by atoms with Gasteiger partial charge in [-0.2, -0.15) is 5.26 Å². The molecule has 0 spiro atoms. The highest BCUT2D eigenvalue weighted by Crippen LogP contribution is 2.13. The lowest BCUT2D eigenvalue weighted by atomic mass is 10.2. The van der Waals surface area contributed by atoms with Crippen LogP contribution in [0.2, 0.25) is 0 Å². The van der Waals surface area contributed by atoms with Crippen LogP contribution in [0.3, 0.4) is 0 Å². The van der Waals surface area contributed by atoms with Gasteiger partial charge in [0.05, 0.1) is 18.5 Å². The van der Waals surface area contributed by atoms with Gasteiger partial charge in [-0.25, -0.2) is 0 Å². The van der Waals surface area contributed by atoms with Gasteiger partial charge >= 0.3 is 0 Å². The van der Waals surface area contributed by atoms with Gasteiger partial charge in [0.2, 0.25) is 0 Å². The van der Waals surface area contributed by atoms with Crippen LogP contribution in [-0.4, -0.2) is 31.6 Å². The number of hydrogen-bond donors (Lipinski definition) is 0. The number of nitrogens with zero attached hydrogens (tertiary/aromatic N) is 2. The van der Waals surface area contributed by atoms with E-state index < -0.39 is 0 Å². The molecule has 1 atom stereocenters. The first-order valence-corrected chi connectivity index (χ1v) is 5.92. The number of benzene rings is 1. The second kappa shape index (κ2) is 6.93. The second-order valence-corrected chi connectivity index (χ2v) is 4.29. The molecule has 0 aromatic heterocycles. The predicted molar refractivity (Wildman–Crippen MR) is 69.0 cm³/mol. The van der Waals surface area contributed by atoms with Crippen molar-refractivity contribution in [2.75, 3.05) is 20.7 Å². The Morgan fingerprint density at radius 1 is 1.29 bits per heavy atom. The average molecular weight is 232 g/mol. The van der Waals surface area contributed by atoms with Crippen molar-refractivity contribution in [1.29, 1.82) is 5.26 Å². The molecule has 17 heavy (non-hydrogen) atoms. The monoisotopic (exact) mass is 232 g/mol. The van der Waals surface area contributed by atoms with Crippen molar-refractivity contribution in [3.8, 4) is 11.8 Å². The molecule has 0 aliphatic rings. The molecule has 1 aromatic rings. The van der Waals surface area contributed by atoms with Crippen LogP contribution in [0.25, 0.3) is 0 Å². The smallest absolute Gasteiger partial charge is 0.119 e. The minimum Gasteiger partial charge on any atom is -0.492 e. The van der Waals surface area contributed by atoms with Gasteiger partial charge in [-0.3, -0.25) is 0 Å². The Hall–Kier alpha value is -1.53. The summed E-state index contributed by atoms with van der Waals surface area (Å²) in [6.07, 6.45) is 1.52. The fourth-order valence-electron chi connectivity index (χ4n) is 1.51. The molecular weight excluding hydrogens is 212 g/mol. The van der Waals surface area contributed by atoms with E-state index in [9.17, 15) is 0 Å².